The van der Waals surface area contributed by atoms with E-state index < -0.39 is 0 Å². The largest absolute Gasteiger partial charge is 0.384 e. The standard InChI is InChI=1S/C16H31N3O/c1-20-12-14-5-9-19(10-6-14)16(13-17)7-11-18-8-3-2-4-15(16)18/h14-15H,2-13,17H2,1H3. The van der Waals surface area contributed by atoms with Gasteiger partial charge in [0, 0.05) is 38.4 Å². The maximum absolute atomic E-state index is 6.31. The highest BCUT2D eigenvalue weighted by molar-refractivity contribution is 5.09. The lowest BCUT2D eigenvalue weighted by molar-refractivity contribution is 0.00310. The maximum Gasteiger partial charge on any atom is 0.0498 e. The van der Waals surface area contributed by atoms with E-state index >= 15 is 0 Å². The summed E-state index contributed by atoms with van der Waals surface area (Å²) in [5.74, 6) is 0.759. The maximum atomic E-state index is 6.31. The van der Waals surface area contributed by atoms with Gasteiger partial charge in [0.2, 0.25) is 0 Å². The van der Waals surface area contributed by atoms with Crippen LogP contribution in [0.5, 0.6) is 0 Å². The number of likely N-dealkylation sites (tertiary alicyclic amines) is 1. The van der Waals surface area contributed by atoms with Gasteiger partial charge in [0.1, 0.15) is 0 Å². The van der Waals surface area contributed by atoms with E-state index in [1.54, 1.807) is 0 Å². The zero-order valence-electron chi connectivity index (χ0n) is 13.0. The summed E-state index contributed by atoms with van der Waals surface area (Å²) in [5.41, 5.74) is 6.58. The molecular weight excluding hydrogens is 250 g/mol. The first-order valence-electron chi connectivity index (χ1n) is 8.48. The Bertz CT molecular complexity index is 317. The fourth-order valence-electron chi connectivity index (χ4n) is 4.89. The number of hydrogen-bond donors (Lipinski definition) is 1. The molecule has 3 fully saturated rings. The van der Waals surface area contributed by atoms with Crippen molar-refractivity contribution >= 4 is 0 Å². The summed E-state index contributed by atoms with van der Waals surface area (Å²) in [6, 6.07) is 0.722. The molecule has 0 amide bonds. The van der Waals surface area contributed by atoms with E-state index in [-0.39, 0.29) is 5.54 Å². The Balaban J connectivity index is 1.67. The minimum Gasteiger partial charge on any atom is -0.384 e. The van der Waals surface area contributed by atoms with E-state index in [9.17, 15) is 0 Å². The lowest BCUT2D eigenvalue weighted by Crippen LogP contribution is -2.63. The van der Waals surface area contributed by atoms with Crippen LogP contribution in [0.4, 0.5) is 0 Å². The molecule has 3 rings (SSSR count). The Labute approximate surface area is 123 Å². The predicted molar refractivity (Wildman–Crippen MR) is 81.8 cm³/mol. The highest BCUT2D eigenvalue weighted by Crippen LogP contribution is 2.40. The van der Waals surface area contributed by atoms with Crippen molar-refractivity contribution in [2.24, 2.45) is 11.7 Å². The molecule has 0 radical (unpaired) electrons. The molecule has 0 saturated carbocycles. The van der Waals surface area contributed by atoms with Crippen molar-refractivity contribution < 1.29 is 4.74 Å². The van der Waals surface area contributed by atoms with Gasteiger partial charge in [-0.15, -0.1) is 0 Å². The molecule has 0 aromatic rings. The van der Waals surface area contributed by atoms with Gasteiger partial charge in [0.15, 0.2) is 0 Å². The molecule has 0 aliphatic carbocycles. The Kier molecular flexibility index (Phi) is 4.65. The van der Waals surface area contributed by atoms with Crippen LogP contribution in [0.3, 0.4) is 0 Å². The molecule has 3 aliphatic heterocycles. The van der Waals surface area contributed by atoms with Crippen molar-refractivity contribution in [1.29, 1.82) is 0 Å². The molecule has 0 bridgehead atoms. The fraction of sp³-hybridized carbons (Fsp3) is 1.00. The van der Waals surface area contributed by atoms with Crippen molar-refractivity contribution in [3.8, 4) is 0 Å². The van der Waals surface area contributed by atoms with Crippen molar-refractivity contribution in [3.63, 3.8) is 0 Å². The molecule has 2 unspecified atom stereocenters. The van der Waals surface area contributed by atoms with Gasteiger partial charge in [0.25, 0.3) is 0 Å². The number of hydrogen-bond acceptors (Lipinski definition) is 4. The van der Waals surface area contributed by atoms with Gasteiger partial charge < -0.3 is 10.5 Å². The van der Waals surface area contributed by atoms with Gasteiger partial charge >= 0.3 is 0 Å². The third-order valence-electron chi connectivity index (χ3n) is 6.07. The SMILES string of the molecule is COCC1CCN(C2(CN)CCN3CCCCC32)CC1. The quantitative estimate of drug-likeness (QED) is 0.843. The number of nitrogens with two attached hydrogens (primary N) is 1. The number of piperidine rings is 2. The van der Waals surface area contributed by atoms with Crippen LogP contribution >= 0.6 is 0 Å². The second kappa shape index (κ2) is 6.30. The summed E-state index contributed by atoms with van der Waals surface area (Å²) in [6.07, 6.45) is 7.97. The van der Waals surface area contributed by atoms with Crippen LogP contribution in [0.2, 0.25) is 0 Å². The first kappa shape index (κ1) is 14.8. The minimum atomic E-state index is 0.276. The smallest absolute Gasteiger partial charge is 0.0498 e. The average Bonchev–Trinajstić information content (AvgIpc) is 2.88. The van der Waals surface area contributed by atoms with Crippen LogP contribution in [-0.4, -0.2) is 67.8 Å². The zero-order chi connectivity index (χ0) is 14.0. The molecule has 2 atom stereocenters. The van der Waals surface area contributed by atoms with E-state index in [4.69, 9.17) is 10.5 Å². The predicted octanol–water partition coefficient (Wildman–Crippen LogP) is 1.30. The summed E-state index contributed by atoms with van der Waals surface area (Å²) in [7, 11) is 1.82. The van der Waals surface area contributed by atoms with Crippen molar-refractivity contribution in [2.45, 2.75) is 50.1 Å². The third-order valence-corrected chi connectivity index (χ3v) is 6.07. The number of nitrogens with zero attached hydrogens (tertiary/aromatic N) is 2. The van der Waals surface area contributed by atoms with Gasteiger partial charge in [0.05, 0.1) is 0 Å². The number of ether oxygens (including phenoxy) is 1. The van der Waals surface area contributed by atoms with Crippen LogP contribution < -0.4 is 5.73 Å². The fourth-order valence-corrected chi connectivity index (χ4v) is 4.89. The topological polar surface area (TPSA) is 41.7 Å². The van der Waals surface area contributed by atoms with Gasteiger partial charge in [-0.2, -0.15) is 0 Å². The van der Waals surface area contributed by atoms with Gasteiger partial charge in [-0.1, -0.05) is 6.42 Å². The molecule has 20 heavy (non-hydrogen) atoms. The molecule has 0 aromatic carbocycles. The minimum absolute atomic E-state index is 0.276. The van der Waals surface area contributed by atoms with E-state index in [0.29, 0.717) is 0 Å². The number of fused-ring (bicyclic) bond motifs is 1. The number of methoxy groups -OCH3 is 1. The lowest BCUT2D eigenvalue weighted by atomic mass is 9.81. The van der Waals surface area contributed by atoms with Gasteiger partial charge in [-0.05, 0) is 57.7 Å². The molecule has 3 heterocycles. The Hall–Kier alpha value is -0.160. The molecule has 4 nitrogen and oxygen atoms in total. The van der Waals surface area contributed by atoms with Gasteiger partial charge in [-0.3, -0.25) is 9.80 Å². The summed E-state index contributed by atoms with van der Waals surface area (Å²) >= 11 is 0. The van der Waals surface area contributed by atoms with Crippen molar-refractivity contribution in [3.05, 3.63) is 0 Å². The van der Waals surface area contributed by atoms with Crippen molar-refractivity contribution in [2.75, 3.05) is 46.4 Å². The molecule has 116 valence electrons. The number of rotatable bonds is 4. The third kappa shape index (κ3) is 2.52. The molecule has 0 aromatic heterocycles. The van der Waals surface area contributed by atoms with Crippen LogP contribution in [0.25, 0.3) is 0 Å². The van der Waals surface area contributed by atoms with E-state index in [1.807, 2.05) is 7.11 Å². The molecule has 2 N–H and O–H groups in total. The lowest BCUT2D eigenvalue weighted by Gasteiger charge is -2.49. The second-order valence-corrected chi connectivity index (χ2v) is 6.99. The molecule has 3 aliphatic rings. The zero-order valence-corrected chi connectivity index (χ0v) is 13.0. The first-order valence-corrected chi connectivity index (χ1v) is 8.48. The van der Waals surface area contributed by atoms with E-state index in [0.717, 1.165) is 25.1 Å². The molecule has 3 saturated heterocycles. The highest BCUT2D eigenvalue weighted by Gasteiger charge is 2.50. The summed E-state index contributed by atoms with van der Waals surface area (Å²) in [6.45, 7) is 6.76. The molecular formula is C16H31N3O. The van der Waals surface area contributed by atoms with Crippen molar-refractivity contribution in [1.82, 2.24) is 9.80 Å². The van der Waals surface area contributed by atoms with Crippen LogP contribution in [0.15, 0.2) is 0 Å². The summed E-state index contributed by atoms with van der Waals surface area (Å²) in [4.78, 5) is 5.47. The Morgan fingerprint density at radius 1 is 1.10 bits per heavy atom. The normalized spacial score (nSPS) is 37.2. The summed E-state index contributed by atoms with van der Waals surface area (Å²) < 4.78 is 5.33. The molecule has 0 spiro atoms. The monoisotopic (exact) mass is 281 g/mol. The van der Waals surface area contributed by atoms with E-state index in [2.05, 4.69) is 9.80 Å². The Morgan fingerprint density at radius 2 is 1.90 bits per heavy atom. The Morgan fingerprint density at radius 3 is 2.60 bits per heavy atom. The second-order valence-electron chi connectivity index (χ2n) is 6.99. The van der Waals surface area contributed by atoms with Gasteiger partial charge in [-0.25, -0.2) is 0 Å². The van der Waals surface area contributed by atoms with Crippen LogP contribution in [-0.2, 0) is 4.74 Å². The van der Waals surface area contributed by atoms with Crippen LogP contribution in [0, 0.1) is 5.92 Å². The average molecular weight is 281 g/mol. The van der Waals surface area contributed by atoms with E-state index in [1.165, 1.54) is 64.7 Å². The highest BCUT2D eigenvalue weighted by atomic mass is 16.5. The summed E-state index contributed by atoms with van der Waals surface area (Å²) in [5, 5.41) is 0. The first-order chi connectivity index (χ1) is 9.80. The molecule has 4 heteroatoms. The van der Waals surface area contributed by atoms with Crippen LogP contribution in [0.1, 0.15) is 38.5 Å².